The second kappa shape index (κ2) is 5.75. The highest BCUT2D eigenvalue weighted by molar-refractivity contribution is 5.94. The molecule has 2 amide bonds. The number of rotatable bonds is 4. The summed E-state index contributed by atoms with van der Waals surface area (Å²) in [6.07, 6.45) is 0.275. The third kappa shape index (κ3) is 3.61. The Balaban J connectivity index is 2.41. The van der Waals surface area contributed by atoms with Gasteiger partial charge in [-0.1, -0.05) is 0 Å². The fraction of sp³-hybridized carbons (Fsp3) is 0.273. The van der Waals surface area contributed by atoms with E-state index < -0.39 is 0 Å². The molecule has 1 aromatic carbocycles. The predicted octanol–water partition coefficient (Wildman–Crippen LogP) is 0.135. The van der Waals surface area contributed by atoms with Gasteiger partial charge in [-0.2, -0.15) is 0 Å². The van der Waals surface area contributed by atoms with Crippen molar-refractivity contribution in [2.45, 2.75) is 6.42 Å². The van der Waals surface area contributed by atoms with Gasteiger partial charge < -0.3 is 16.4 Å². The second-order valence-electron chi connectivity index (χ2n) is 3.30. The van der Waals surface area contributed by atoms with Gasteiger partial charge in [0.15, 0.2) is 0 Å². The summed E-state index contributed by atoms with van der Waals surface area (Å²) >= 11 is 0. The summed E-state index contributed by atoms with van der Waals surface area (Å²) in [6, 6.07) is 6.61. The van der Waals surface area contributed by atoms with Gasteiger partial charge in [-0.25, -0.2) is 0 Å². The maximum atomic E-state index is 11.5. The molecule has 0 aromatic heterocycles. The first-order chi connectivity index (χ1) is 7.63. The van der Waals surface area contributed by atoms with Gasteiger partial charge in [0, 0.05) is 31.3 Å². The van der Waals surface area contributed by atoms with Crippen LogP contribution in [-0.2, 0) is 4.79 Å². The lowest BCUT2D eigenvalue weighted by atomic mass is 10.2. The van der Waals surface area contributed by atoms with E-state index >= 15 is 0 Å². The minimum Gasteiger partial charge on any atom is -0.399 e. The molecule has 0 heterocycles. The highest BCUT2D eigenvalue weighted by Crippen LogP contribution is 2.04. The highest BCUT2D eigenvalue weighted by Gasteiger charge is 2.05. The van der Waals surface area contributed by atoms with Crippen molar-refractivity contribution in [3.05, 3.63) is 29.8 Å². The average Bonchev–Trinajstić information content (AvgIpc) is 2.29. The van der Waals surface area contributed by atoms with E-state index in [2.05, 4.69) is 10.6 Å². The largest absolute Gasteiger partial charge is 0.399 e. The third-order valence-electron chi connectivity index (χ3n) is 2.09. The van der Waals surface area contributed by atoms with Crippen molar-refractivity contribution in [1.82, 2.24) is 10.6 Å². The molecule has 1 aromatic rings. The van der Waals surface area contributed by atoms with Crippen molar-refractivity contribution in [2.75, 3.05) is 19.3 Å². The van der Waals surface area contributed by atoms with Gasteiger partial charge in [0.2, 0.25) is 5.91 Å². The van der Waals surface area contributed by atoms with Gasteiger partial charge in [-0.05, 0) is 24.3 Å². The Kier molecular flexibility index (Phi) is 4.32. The predicted molar refractivity (Wildman–Crippen MR) is 61.9 cm³/mol. The van der Waals surface area contributed by atoms with Gasteiger partial charge >= 0.3 is 0 Å². The number of carbonyl (C=O) groups excluding carboxylic acids is 2. The molecule has 0 atom stereocenters. The fourth-order valence-electron chi connectivity index (χ4n) is 1.15. The van der Waals surface area contributed by atoms with Crippen molar-refractivity contribution in [1.29, 1.82) is 0 Å². The van der Waals surface area contributed by atoms with Crippen LogP contribution in [0.3, 0.4) is 0 Å². The zero-order valence-corrected chi connectivity index (χ0v) is 9.12. The van der Waals surface area contributed by atoms with Gasteiger partial charge in [-0.15, -0.1) is 0 Å². The van der Waals surface area contributed by atoms with Crippen molar-refractivity contribution in [3.8, 4) is 0 Å². The van der Waals surface area contributed by atoms with Gasteiger partial charge in [0.05, 0.1) is 0 Å². The van der Waals surface area contributed by atoms with E-state index in [1.54, 1.807) is 31.3 Å². The van der Waals surface area contributed by atoms with Crippen LogP contribution in [0.15, 0.2) is 24.3 Å². The Morgan fingerprint density at radius 3 is 2.44 bits per heavy atom. The number of nitrogen functional groups attached to an aromatic ring is 1. The number of nitrogens with one attached hydrogen (secondary N) is 2. The Labute approximate surface area is 94.0 Å². The van der Waals surface area contributed by atoms with Crippen LogP contribution in [0.2, 0.25) is 0 Å². The first kappa shape index (κ1) is 12.0. The van der Waals surface area contributed by atoms with Crippen LogP contribution < -0.4 is 16.4 Å². The Hall–Kier alpha value is -2.04. The lowest BCUT2D eigenvalue weighted by Gasteiger charge is -2.04. The number of carbonyl (C=O) groups is 2. The Morgan fingerprint density at radius 2 is 1.88 bits per heavy atom. The first-order valence-corrected chi connectivity index (χ1v) is 4.98. The van der Waals surface area contributed by atoms with E-state index in [4.69, 9.17) is 5.73 Å². The summed E-state index contributed by atoms with van der Waals surface area (Å²) in [6.45, 7) is 0.322. The molecule has 0 radical (unpaired) electrons. The topological polar surface area (TPSA) is 84.2 Å². The number of anilines is 1. The highest BCUT2D eigenvalue weighted by atomic mass is 16.2. The summed E-state index contributed by atoms with van der Waals surface area (Å²) in [5.41, 5.74) is 6.65. The number of nitrogens with two attached hydrogens (primary N) is 1. The van der Waals surface area contributed by atoms with Gasteiger partial charge in [-0.3, -0.25) is 9.59 Å². The quantitative estimate of drug-likeness (QED) is 0.632. The SMILES string of the molecule is CNC(=O)CCNC(=O)c1ccc(N)cc1. The van der Waals surface area contributed by atoms with E-state index in [9.17, 15) is 9.59 Å². The Morgan fingerprint density at radius 1 is 1.25 bits per heavy atom. The molecule has 1 rings (SSSR count). The zero-order valence-electron chi connectivity index (χ0n) is 9.12. The molecule has 0 bridgehead atoms. The molecule has 0 unspecified atom stereocenters. The Bertz CT molecular complexity index is 373. The maximum absolute atomic E-state index is 11.5. The molecule has 0 saturated carbocycles. The molecule has 0 aliphatic carbocycles. The van der Waals surface area contributed by atoms with Crippen LogP contribution in [0.1, 0.15) is 16.8 Å². The third-order valence-corrected chi connectivity index (χ3v) is 2.09. The number of amides is 2. The van der Waals surface area contributed by atoms with Crippen molar-refractivity contribution in [2.24, 2.45) is 0 Å². The molecular weight excluding hydrogens is 206 g/mol. The zero-order chi connectivity index (χ0) is 12.0. The monoisotopic (exact) mass is 221 g/mol. The molecule has 0 aliphatic heterocycles. The van der Waals surface area contributed by atoms with E-state index in [0.29, 0.717) is 17.8 Å². The van der Waals surface area contributed by atoms with Crippen LogP contribution >= 0.6 is 0 Å². The second-order valence-corrected chi connectivity index (χ2v) is 3.30. The summed E-state index contributed by atoms with van der Waals surface area (Å²) in [5, 5.41) is 5.12. The molecule has 16 heavy (non-hydrogen) atoms. The standard InChI is InChI=1S/C11H15N3O2/c1-13-10(15)6-7-14-11(16)8-2-4-9(12)5-3-8/h2-5H,6-7,12H2,1H3,(H,13,15)(H,14,16). The van der Waals surface area contributed by atoms with E-state index in [-0.39, 0.29) is 18.2 Å². The molecule has 0 spiro atoms. The lowest BCUT2D eigenvalue weighted by molar-refractivity contribution is -0.120. The first-order valence-electron chi connectivity index (χ1n) is 4.98. The molecule has 0 fully saturated rings. The lowest BCUT2D eigenvalue weighted by Crippen LogP contribution is -2.29. The smallest absolute Gasteiger partial charge is 0.251 e. The number of hydrogen-bond acceptors (Lipinski definition) is 3. The van der Waals surface area contributed by atoms with Crippen molar-refractivity contribution < 1.29 is 9.59 Å². The van der Waals surface area contributed by atoms with Gasteiger partial charge in [0.25, 0.3) is 5.91 Å². The van der Waals surface area contributed by atoms with Crippen LogP contribution in [-0.4, -0.2) is 25.4 Å². The van der Waals surface area contributed by atoms with Crippen LogP contribution in [0.5, 0.6) is 0 Å². The van der Waals surface area contributed by atoms with Crippen LogP contribution in [0, 0.1) is 0 Å². The van der Waals surface area contributed by atoms with Crippen LogP contribution in [0.4, 0.5) is 5.69 Å². The van der Waals surface area contributed by atoms with E-state index in [0.717, 1.165) is 0 Å². The maximum Gasteiger partial charge on any atom is 0.251 e. The average molecular weight is 221 g/mol. The number of benzene rings is 1. The molecule has 5 heteroatoms. The van der Waals surface area contributed by atoms with Crippen molar-refractivity contribution in [3.63, 3.8) is 0 Å². The number of hydrogen-bond donors (Lipinski definition) is 3. The molecule has 0 aliphatic rings. The van der Waals surface area contributed by atoms with Crippen molar-refractivity contribution >= 4 is 17.5 Å². The molecule has 86 valence electrons. The van der Waals surface area contributed by atoms with Gasteiger partial charge in [0.1, 0.15) is 0 Å². The summed E-state index contributed by atoms with van der Waals surface area (Å²) in [7, 11) is 1.56. The summed E-state index contributed by atoms with van der Waals surface area (Å²) in [4.78, 5) is 22.4. The molecule has 4 N–H and O–H groups in total. The fourth-order valence-corrected chi connectivity index (χ4v) is 1.15. The molecular formula is C11H15N3O2. The van der Waals surface area contributed by atoms with E-state index in [1.807, 2.05) is 0 Å². The molecule has 0 saturated heterocycles. The normalized spacial score (nSPS) is 9.56. The minimum atomic E-state index is -0.205. The summed E-state index contributed by atoms with van der Waals surface area (Å²) < 4.78 is 0. The minimum absolute atomic E-state index is 0.0994. The van der Waals surface area contributed by atoms with Crippen LogP contribution in [0.25, 0.3) is 0 Å². The summed E-state index contributed by atoms with van der Waals surface area (Å²) in [5.74, 6) is -0.304. The molecule has 5 nitrogen and oxygen atoms in total. The van der Waals surface area contributed by atoms with E-state index in [1.165, 1.54) is 0 Å².